The molecule has 0 aliphatic rings. The normalized spacial score (nSPS) is 10.6. The van der Waals surface area contributed by atoms with Gasteiger partial charge in [-0.1, -0.05) is 61.7 Å². The molecule has 1 N–H and O–H groups in total. The molecule has 0 heterocycles. The van der Waals surface area contributed by atoms with E-state index in [1.807, 2.05) is 18.2 Å². The van der Waals surface area contributed by atoms with Gasteiger partial charge in [-0.2, -0.15) is 0 Å². The van der Waals surface area contributed by atoms with Crippen LogP contribution in [0.5, 0.6) is 5.75 Å². The minimum atomic E-state index is 0.519. The quantitative estimate of drug-likeness (QED) is 0.351. The van der Waals surface area contributed by atoms with E-state index in [0.717, 1.165) is 36.0 Å². The molecule has 26 heavy (non-hydrogen) atoms. The van der Waals surface area contributed by atoms with Crippen LogP contribution in [0.2, 0.25) is 0 Å². The van der Waals surface area contributed by atoms with Gasteiger partial charge in [0.2, 0.25) is 0 Å². The molecule has 0 fully saturated rings. The summed E-state index contributed by atoms with van der Waals surface area (Å²) in [7, 11) is 0. The molecule has 0 unspecified atom stereocenters. The Balaban J connectivity index is 1.75. The lowest BCUT2D eigenvalue weighted by Crippen LogP contribution is -2.04. The van der Waals surface area contributed by atoms with Gasteiger partial charge in [0.05, 0.1) is 4.47 Å². The lowest BCUT2D eigenvalue weighted by atomic mass is 10.1. The van der Waals surface area contributed by atoms with E-state index in [9.17, 15) is 0 Å². The maximum absolute atomic E-state index is 6.13. The first-order valence-corrected chi connectivity index (χ1v) is 10.5. The van der Waals surface area contributed by atoms with E-state index in [0.29, 0.717) is 13.2 Å². The van der Waals surface area contributed by atoms with Crippen LogP contribution < -0.4 is 10.1 Å². The molecule has 0 saturated carbocycles. The van der Waals surface area contributed by atoms with E-state index < -0.39 is 0 Å². The number of nitrogens with one attached hydrogen (secondary N) is 1. The van der Waals surface area contributed by atoms with Crippen LogP contribution in [0.3, 0.4) is 0 Å². The molecule has 0 amide bonds. The van der Waals surface area contributed by atoms with Gasteiger partial charge in [-0.05, 0) is 64.8 Å². The monoisotopic (exact) mass is 537 g/mol. The van der Waals surface area contributed by atoms with E-state index in [1.165, 1.54) is 5.56 Å². The minimum absolute atomic E-state index is 0.519. The van der Waals surface area contributed by atoms with Crippen LogP contribution in [0, 0.1) is 6.92 Å². The van der Waals surface area contributed by atoms with Crippen LogP contribution in [0.15, 0.2) is 74.1 Å². The first-order valence-electron chi connectivity index (χ1n) is 8.17. The van der Waals surface area contributed by atoms with E-state index in [2.05, 4.69) is 102 Å². The zero-order valence-corrected chi connectivity index (χ0v) is 19.0. The molecular weight excluding hydrogens is 522 g/mol. The summed E-state index contributed by atoms with van der Waals surface area (Å²) in [5, 5.41) is 3.46. The molecule has 0 spiro atoms. The first kappa shape index (κ1) is 19.5. The van der Waals surface area contributed by atoms with Crippen LogP contribution in [-0.4, -0.2) is 0 Å². The molecule has 134 valence electrons. The van der Waals surface area contributed by atoms with Crippen LogP contribution in [0.4, 0.5) is 5.69 Å². The van der Waals surface area contributed by atoms with E-state index in [1.54, 1.807) is 0 Å². The minimum Gasteiger partial charge on any atom is -0.487 e. The number of anilines is 1. The molecular formula is C21H18Br3NO. The zero-order valence-electron chi connectivity index (χ0n) is 14.2. The van der Waals surface area contributed by atoms with Crippen molar-refractivity contribution in [1.29, 1.82) is 0 Å². The Bertz CT molecular complexity index is 877. The van der Waals surface area contributed by atoms with Gasteiger partial charge in [-0.25, -0.2) is 0 Å². The van der Waals surface area contributed by atoms with Crippen molar-refractivity contribution in [2.24, 2.45) is 0 Å². The summed E-state index contributed by atoms with van der Waals surface area (Å²) in [6.45, 7) is 3.28. The van der Waals surface area contributed by atoms with Gasteiger partial charge >= 0.3 is 0 Å². The summed E-state index contributed by atoms with van der Waals surface area (Å²) in [4.78, 5) is 0. The summed E-state index contributed by atoms with van der Waals surface area (Å²) in [5.74, 6) is 0.857. The van der Waals surface area contributed by atoms with Gasteiger partial charge in [-0.15, -0.1) is 0 Å². The van der Waals surface area contributed by atoms with Gasteiger partial charge in [0.25, 0.3) is 0 Å². The Morgan fingerprint density at radius 1 is 0.846 bits per heavy atom. The number of benzene rings is 3. The topological polar surface area (TPSA) is 21.3 Å². The molecule has 2 nitrogen and oxygen atoms in total. The summed E-state index contributed by atoms with van der Waals surface area (Å²) in [5.41, 5.74) is 4.55. The van der Waals surface area contributed by atoms with Crippen molar-refractivity contribution >= 4 is 53.5 Å². The molecule has 3 aromatic rings. The van der Waals surface area contributed by atoms with Crippen molar-refractivity contribution in [3.63, 3.8) is 0 Å². The van der Waals surface area contributed by atoms with Gasteiger partial charge in [-0.3, -0.25) is 0 Å². The fourth-order valence-corrected chi connectivity index (χ4v) is 4.20. The lowest BCUT2D eigenvalue weighted by Gasteiger charge is -2.16. The third kappa shape index (κ3) is 5.35. The molecule has 0 bridgehead atoms. The zero-order chi connectivity index (χ0) is 18.5. The second-order valence-corrected chi connectivity index (χ2v) is 8.70. The fraction of sp³-hybridized carbons (Fsp3) is 0.143. The standard InChI is InChI=1S/C21H18Br3NO/c1-14-2-8-19(9-3-14)25-12-16-10-18(23)11-20(24)21(16)26-13-15-4-6-17(22)7-5-15/h2-11,25H,12-13H2,1H3. The average Bonchev–Trinajstić information content (AvgIpc) is 2.62. The highest BCUT2D eigenvalue weighted by atomic mass is 79.9. The Morgan fingerprint density at radius 3 is 2.23 bits per heavy atom. The number of ether oxygens (including phenoxy) is 1. The molecule has 3 aromatic carbocycles. The maximum Gasteiger partial charge on any atom is 0.139 e. The Morgan fingerprint density at radius 2 is 1.54 bits per heavy atom. The third-order valence-electron chi connectivity index (χ3n) is 3.92. The second kappa shape index (κ2) is 9.07. The number of rotatable bonds is 6. The predicted octanol–water partition coefficient (Wildman–Crippen LogP) is 7.47. The van der Waals surface area contributed by atoms with Crippen LogP contribution in [0.1, 0.15) is 16.7 Å². The average molecular weight is 540 g/mol. The van der Waals surface area contributed by atoms with Crippen molar-refractivity contribution in [3.8, 4) is 5.75 Å². The largest absolute Gasteiger partial charge is 0.487 e. The molecule has 0 aliphatic carbocycles. The highest BCUT2D eigenvalue weighted by Crippen LogP contribution is 2.34. The number of halogens is 3. The summed E-state index contributed by atoms with van der Waals surface area (Å²) < 4.78 is 9.15. The van der Waals surface area contributed by atoms with Crippen molar-refractivity contribution in [2.75, 3.05) is 5.32 Å². The molecule has 0 saturated heterocycles. The molecule has 0 aliphatic heterocycles. The number of hydrogen-bond donors (Lipinski definition) is 1. The Kier molecular flexibility index (Phi) is 6.79. The van der Waals surface area contributed by atoms with Gasteiger partial charge < -0.3 is 10.1 Å². The molecule has 0 aromatic heterocycles. The van der Waals surface area contributed by atoms with Crippen molar-refractivity contribution in [1.82, 2.24) is 0 Å². The summed E-state index contributed by atoms with van der Waals surface area (Å²) in [6.07, 6.45) is 0. The highest BCUT2D eigenvalue weighted by Gasteiger charge is 2.11. The Hall–Kier alpha value is -1.30. The summed E-state index contributed by atoms with van der Waals surface area (Å²) in [6, 6.07) is 20.6. The van der Waals surface area contributed by atoms with E-state index >= 15 is 0 Å². The maximum atomic E-state index is 6.13. The fourth-order valence-electron chi connectivity index (χ4n) is 2.51. The van der Waals surface area contributed by atoms with Crippen molar-refractivity contribution in [2.45, 2.75) is 20.1 Å². The van der Waals surface area contributed by atoms with Crippen LogP contribution in [0.25, 0.3) is 0 Å². The molecule has 0 radical (unpaired) electrons. The molecule has 0 atom stereocenters. The smallest absolute Gasteiger partial charge is 0.139 e. The number of aryl methyl sites for hydroxylation is 1. The SMILES string of the molecule is Cc1ccc(NCc2cc(Br)cc(Br)c2OCc2ccc(Br)cc2)cc1. The van der Waals surface area contributed by atoms with E-state index in [-0.39, 0.29) is 0 Å². The molecule has 3 rings (SSSR count). The van der Waals surface area contributed by atoms with Gasteiger partial charge in [0.1, 0.15) is 12.4 Å². The van der Waals surface area contributed by atoms with Crippen molar-refractivity contribution < 1.29 is 4.74 Å². The first-order chi connectivity index (χ1) is 12.5. The highest BCUT2D eigenvalue weighted by molar-refractivity contribution is 9.11. The van der Waals surface area contributed by atoms with Gasteiger partial charge in [0.15, 0.2) is 0 Å². The van der Waals surface area contributed by atoms with E-state index in [4.69, 9.17) is 4.74 Å². The van der Waals surface area contributed by atoms with Crippen molar-refractivity contribution in [3.05, 3.63) is 90.8 Å². The Labute approximate surface area is 179 Å². The van der Waals surface area contributed by atoms with Crippen LogP contribution >= 0.6 is 47.8 Å². The second-order valence-electron chi connectivity index (χ2n) is 6.01. The van der Waals surface area contributed by atoms with Crippen LogP contribution in [-0.2, 0) is 13.2 Å². The third-order valence-corrected chi connectivity index (χ3v) is 5.49. The number of hydrogen-bond acceptors (Lipinski definition) is 2. The summed E-state index contributed by atoms with van der Waals surface area (Å²) >= 11 is 10.7. The molecule has 5 heteroatoms. The predicted molar refractivity (Wildman–Crippen MR) is 119 cm³/mol. The lowest BCUT2D eigenvalue weighted by molar-refractivity contribution is 0.301. The van der Waals surface area contributed by atoms with Gasteiger partial charge in [0, 0.05) is 26.7 Å².